The number of amides is 1. The van der Waals surface area contributed by atoms with Crippen molar-refractivity contribution < 1.29 is 14.7 Å². The highest BCUT2D eigenvalue weighted by Crippen LogP contribution is 2.43. The largest absolute Gasteiger partial charge is 0.375 e. The molecule has 0 fully saturated rings. The number of Topliss-reactive ketones (excluding diaryl/α,β-unsaturated/α-hetero) is 1. The molecule has 0 saturated carbocycles. The molecule has 1 aliphatic rings. The molecule has 2 N–H and O–H groups in total. The lowest BCUT2D eigenvalue weighted by atomic mass is 9.89. The van der Waals surface area contributed by atoms with Crippen molar-refractivity contribution in [1.82, 2.24) is 0 Å². The van der Waals surface area contributed by atoms with E-state index in [1.54, 1.807) is 18.2 Å². The number of carbonyl (C=O) groups excluding carboxylic acids is 2. The van der Waals surface area contributed by atoms with Gasteiger partial charge in [-0.15, -0.1) is 11.3 Å². The number of anilines is 1. The van der Waals surface area contributed by atoms with Gasteiger partial charge in [-0.2, -0.15) is 0 Å². The van der Waals surface area contributed by atoms with Crippen molar-refractivity contribution in [2.75, 3.05) is 5.32 Å². The van der Waals surface area contributed by atoms with Crippen molar-refractivity contribution in [3.05, 3.63) is 49.1 Å². The van der Waals surface area contributed by atoms with Crippen LogP contribution in [0.1, 0.15) is 27.2 Å². The number of hydrogen-bond donors (Lipinski definition) is 2. The van der Waals surface area contributed by atoms with E-state index in [2.05, 4.69) is 21.2 Å². The van der Waals surface area contributed by atoms with Crippen LogP contribution in [0.15, 0.2) is 28.7 Å². The van der Waals surface area contributed by atoms with E-state index in [1.165, 1.54) is 0 Å². The fraction of sp³-hybridized carbons (Fsp3) is 0.200. The van der Waals surface area contributed by atoms with Crippen LogP contribution in [0.2, 0.25) is 4.34 Å². The fourth-order valence-electron chi connectivity index (χ4n) is 2.49. The van der Waals surface area contributed by atoms with Crippen LogP contribution in [0.3, 0.4) is 0 Å². The standard InChI is InChI=1S/C15H11BrClNO3S/c1-7-4-8-13(9(16)5-7)18-14(20)15(8,21)6-10(19)11-2-3-12(17)22-11/h2-5,21H,6H2,1H3,(H,18,20)/t15-/m0/s1. The molecule has 0 spiro atoms. The summed E-state index contributed by atoms with van der Waals surface area (Å²) < 4.78 is 1.17. The van der Waals surface area contributed by atoms with Crippen molar-refractivity contribution in [2.45, 2.75) is 18.9 Å². The number of carbonyl (C=O) groups is 2. The molecule has 22 heavy (non-hydrogen) atoms. The van der Waals surface area contributed by atoms with Crippen LogP contribution in [-0.4, -0.2) is 16.8 Å². The molecule has 1 aromatic carbocycles. The summed E-state index contributed by atoms with van der Waals surface area (Å²) in [6.07, 6.45) is -0.321. The van der Waals surface area contributed by atoms with Crippen LogP contribution in [0.5, 0.6) is 0 Å². The quantitative estimate of drug-likeness (QED) is 0.768. The van der Waals surface area contributed by atoms with E-state index in [0.29, 0.717) is 24.9 Å². The maximum absolute atomic E-state index is 12.3. The zero-order valence-electron chi connectivity index (χ0n) is 11.4. The first-order valence-electron chi connectivity index (χ1n) is 6.44. The van der Waals surface area contributed by atoms with Gasteiger partial charge in [-0.3, -0.25) is 9.59 Å². The number of thiophene rings is 1. The molecular weight excluding hydrogens is 390 g/mol. The van der Waals surface area contributed by atoms with Crippen molar-refractivity contribution >= 4 is 56.2 Å². The first kappa shape index (κ1) is 15.7. The minimum Gasteiger partial charge on any atom is -0.375 e. The third-order valence-electron chi connectivity index (χ3n) is 3.56. The summed E-state index contributed by atoms with van der Waals surface area (Å²) in [5.74, 6) is -0.912. The van der Waals surface area contributed by atoms with E-state index in [-0.39, 0.29) is 12.2 Å². The van der Waals surface area contributed by atoms with Crippen molar-refractivity contribution in [2.24, 2.45) is 0 Å². The number of ketones is 1. The summed E-state index contributed by atoms with van der Waals surface area (Å²) >= 11 is 10.3. The van der Waals surface area contributed by atoms with Gasteiger partial charge in [0, 0.05) is 10.0 Å². The summed E-state index contributed by atoms with van der Waals surface area (Å²) in [4.78, 5) is 25.0. The molecule has 0 radical (unpaired) electrons. The van der Waals surface area contributed by atoms with Crippen LogP contribution in [-0.2, 0) is 10.4 Å². The van der Waals surface area contributed by atoms with E-state index in [9.17, 15) is 14.7 Å². The average molecular weight is 401 g/mol. The Kier molecular flexibility index (Phi) is 3.89. The van der Waals surface area contributed by atoms with Crippen LogP contribution >= 0.6 is 38.9 Å². The zero-order chi connectivity index (χ0) is 16.1. The molecular formula is C15H11BrClNO3S. The molecule has 2 heterocycles. The Balaban J connectivity index is 2.00. The Bertz CT molecular complexity index is 804. The first-order chi connectivity index (χ1) is 10.3. The van der Waals surface area contributed by atoms with Gasteiger partial charge in [0.15, 0.2) is 11.4 Å². The SMILES string of the molecule is Cc1cc(Br)c2c(c1)[C@@](O)(CC(=O)c1ccc(Cl)s1)C(=O)N2. The van der Waals surface area contributed by atoms with Gasteiger partial charge in [0.25, 0.3) is 5.91 Å². The predicted molar refractivity (Wildman–Crippen MR) is 89.7 cm³/mol. The maximum Gasteiger partial charge on any atom is 0.261 e. The highest BCUT2D eigenvalue weighted by molar-refractivity contribution is 9.10. The summed E-state index contributed by atoms with van der Waals surface area (Å²) in [5, 5.41) is 13.5. The van der Waals surface area contributed by atoms with E-state index < -0.39 is 11.5 Å². The van der Waals surface area contributed by atoms with E-state index >= 15 is 0 Å². The number of benzene rings is 1. The molecule has 0 aliphatic carbocycles. The maximum atomic E-state index is 12.3. The Morgan fingerprint density at radius 1 is 1.45 bits per heavy atom. The van der Waals surface area contributed by atoms with Gasteiger partial charge in [-0.05, 0) is 46.6 Å². The smallest absolute Gasteiger partial charge is 0.261 e. The van der Waals surface area contributed by atoms with Crippen molar-refractivity contribution in [3.63, 3.8) is 0 Å². The Hall–Kier alpha value is -1.21. The lowest BCUT2D eigenvalue weighted by molar-refractivity contribution is -0.133. The van der Waals surface area contributed by atoms with E-state index in [0.717, 1.165) is 16.9 Å². The van der Waals surface area contributed by atoms with Gasteiger partial charge in [0.05, 0.1) is 21.3 Å². The Labute approximate surface area is 144 Å². The molecule has 1 aromatic heterocycles. The third kappa shape index (κ3) is 2.50. The van der Waals surface area contributed by atoms with Gasteiger partial charge < -0.3 is 10.4 Å². The number of aryl methyl sites for hydroxylation is 1. The van der Waals surface area contributed by atoms with Crippen LogP contribution in [0, 0.1) is 6.92 Å². The molecule has 7 heteroatoms. The summed E-state index contributed by atoms with van der Waals surface area (Å²) in [6.45, 7) is 1.86. The Morgan fingerprint density at radius 2 is 2.18 bits per heavy atom. The van der Waals surface area contributed by atoms with Gasteiger partial charge in [0.1, 0.15) is 0 Å². The number of nitrogens with one attached hydrogen (secondary N) is 1. The van der Waals surface area contributed by atoms with Gasteiger partial charge >= 0.3 is 0 Å². The topological polar surface area (TPSA) is 66.4 Å². The highest BCUT2D eigenvalue weighted by atomic mass is 79.9. The molecule has 114 valence electrons. The molecule has 3 rings (SSSR count). The molecule has 4 nitrogen and oxygen atoms in total. The molecule has 0 bridgehead atoms. The number of aliphatic hydroxyl groups is 1. The molecule has 1 amide bonds. The number of fused-ring (bicyclic) bond motifs is 1. The third-order valence-corrected chi connectivity index (χ3v) is 5.46. The Morgan fingerprint density at radius 3 is 2.82 bits per heavy atom. The lowest BCUT2D eigenvalue weighted by Crippen LogP contribution is -2.36. The molecule has 1 aliphatic heterocycles. The lowest BCUT2D eigenvalue weighted by Gasteiger charge is -2.20. The minimum atomic E-state index is -1.86. The van der Waals surface area contributed by atoms with Crippen molar-refractivity contribution in [1.29, 1.82) is 0 Å². The number of rotatable bonds is 3. The first-order valence-corrected chi connectivity index (χ1v) is 8.43. The minimum absolute atomic E-state index is 0.319. The van der Waals surface area contributed by atoms with E-state index in [1.807, 2.05) is 13.0 Å². The van der Waals surface area contributed by atoms with Crippen LogP contribution < -0.4 is 5.32 Å². The van der Waals surface area contributed by atoms with Crippen molar-refractivity contribution in [3.8, 4) is 0 Å². The van der Waals surface area contributed by atoms with E-state index in [4.69, 9.17) is 11.6 Å². The normalized spacial score (nSPS) is 19.9. The van der Waals surface area contributed by atoms with Gasteiger partial charge in [-0.1, -0.05) is 17.7 Å². The summed E-state index contributed by atoms with van der Waals surface area (Å²) in [6, 6.07) is 6.77. The fourth-order valence-corrected chi connectivity index (χ4v) is 4.15. The second kappa shape index (κ2) is 5.45. The molecule has 0 unspecified atom stereocenters. The predicted octanol–water partition coefficient (Wildman–Crippen LogP) is 3.89. The monoisotopic (exact) mass is 399 g/mol. The number of halogens is 2. The second-order valence-electron chi connectivity index (χ2n) is 5.19. The zero-order valence-corrected chi connectivity index (χ0v) is 14.6. The molecule has 0 saturated heterocycles. The average Bonchev–Trinajstić information content (AvgIpc) is 2.96. The van der Waals surface area contributed by atoms with Gasteiger partial charge in [0.2, 0.25) is 0 Å². The molecule has 1 atom stereocenters. The second-order valence-corrected chi connectivity index (χ2v) is 7.76. The van der Waals surface area contributed by atoms with Gasteiger partial charge in [-0.25, -0.2) is 0 Å². The van der Waals surface area contributed by atoms with Crippen LogP contribution in [0.4, 0.5) is 5.69 Å². The number of hydrogen-bond acceptors (Lipinski definition) is 4. The summed E-state index contributed by atoms with van der Waals surface area (Å²) in [5.41, 5.74) is -0.0557. The molecule has 2 aromatic rings. The summed E-state index contributed by atoms with van der Waals surface area (Å²) in [7, 11) is 0. The highest BCUT2D eigenvalue weighted by Gasteiger charge is 2.47. The van der Waals surface area contributed by atoms with Crippen LogP contribution in [0.25, 0.3) is 0 Å².